The van der Waals surface area contributed by atoms with E-state index in [-0.39, 0.29) is 24.5 Å². The molecule has 1 aromatic rings. The van der Waals surface area contributed by atoms with Gasteiger partial charge in [0.15, 0.2) is 0 Å². The van der Waals surface area contributed by atoms with E-state index in [1.807, 2.05) is 39.0 Å². The summed E-state index contributed by atoms with van der Waals surface area (Å²) in [6, 6.07) is 5.69. The van der Waals surface area contributed by atoms with Crippen LogP contribution in [0.1, 0.15) is 43.7 Å². The van der Waals surface area contributed by atoms with Crippen LogP contribution in [0.4, 0.5) is 5.69 Å². The summed E-state index contributed by atoms with van der Waals surface area (Å²) < 4.78 is 31.4. The lowest BCUT2D eigenvalue weighted by Gasteiger charge is -2.27. The van der Waals surface area contributed by atoms with Gasteiger partial charge in [-0.3, -0.25) is 9.10 Å². The number of hydrogen-bond donors (Lipinski definition) is 1. The quantitative estimate of drug-likeness (QED) is 0.800. The summed E-state index contributed by atoms with van der Waals surface area (Å²) >= 11 is 0. The molecule has 7 heteroatoms. The van der Waals surface area contributed by atoms with Gasteiger partial charge in [-0.15, -0.1) is 0 Å². The van der Waals surface area contributed by atoms with Gasteiger partial charge in [-0.2, -0.15) is 0 Å². The van der Waals surface area contributed by atoms with Crippen LogP contribution in [0.15, 0.2) is 18.2 Å². The van der Waals surface area contributed by atoms with Gasteiger partial charge in [-0.05, 0) is 36.8 Å². The molecule has 1 heterocycles. The molecule has 0 spiro atoms. The van der Waals surface area contributed by atoms with Crippen LogP contribution < -0.4 is 9.62 Å². The Morgan fingerprint density at radius 2 is 2.12 bits per heavy atom. The maximum Gasteiger partial charge on any atom is 0.240 e. The lowest BCUT2D eigenvalue weighted by Crippen LogP contribution is -2.43. The smallest absolute Gasteiger partial charge is 0.240 e. The molecular weight excluding hydrogens is 340 g/mol. The monoisotopic (exact) mass is 368 g/mol. The van der Waals surface area contributed by atoms with Gasteiger partial charge < -0.3 is 10.1 Å². The molecule has 140 valence electrons. The number of sulfonamides is 1. The highest BCUT2D eigenvalue weighted by Gasteiger charge is 2.26. The van der Waals surface area contributed by atoms with Crippen molar-refractivity contribution in [1.29, 1.82) is 0 Å². The summed E-state index contributed by atoms with van der Waals surface area (Å²) in [7, 11) is -3.59. The van der Waals surface area contributed by atoms with Crippen LogP contribution in [0.25, 0.3) is 0 Å². The lowest BCUT2D eigenvalue weighted by atomic mass is 9.98. The highest BCUT2D eigenvalue weighted by molar-refractivity contribution is 7.92. The SMILES string of the molecule is Cc1cccc(C(C)C)c1N(CC(=O)NCC1CCCO1)S(C)(=O)=O. The van der Waals surface area contributed by atoms with Crippen LogP contribution in [0.3, 0.4) is 0 Å². The highest BCUT2D eigenvalue weighted by atomic mass is 32.2. The fraction of sp³-hybridized carbons (Fsp3) is 0.611. The Balaban J connectivity index is 2.21. The van der Waals surface area contributed by atoms with Crippen molar-refractivity contribution in [3.05, 3.63) is 29.3 Å². The van der Waals surface area contributed by atoms with Crippen LogP contribution >= 0.6 is 0 Å². The number of rotatable bonds is 7. The third kappa shape index (κ3) is 5.19. The third-order valence-corrected chi connectivity index (χ3v) is 5.49. The first-order valence-corrected chi connectivity index (χ1v) is 10.5. The molecule has 1 fully saturated rings. The first kappa shape index (κ1) is 19.7. The first-order chi connectivity index (χ1) is 11.7. The molecule has 25 heavy (non-hydrogen) atoms. The van der Waals surface area contributed by atoms with Crippen LogP contribution in [-0.2, 0) is 19.6 Å². The van der Waals surface area contributed by atoms with Crippen LogP contribution in [-0.4, -0.2) is 46.4 Å². The summed E-state index contributed by atoms with van der Waals surface area (Å²) in [5, 5.41) is 2.80. The largest absolute Gasteiger partial charge is 0.376 e. The predicted molar refractivity (Wildman–Crippen MR) is 99.4 cm³/mol. The zero-order valence-corrected chi connectivity index (χ0v) is 16.2. The fourth-order valence-corrected chi connectivity index (χ4v) is 4.00. The molecule has 0 aliphatic carbocycles. The van der Waals surface area contributed by atoms with Crippen molar-refractivity contribution in [2.45, 2.75) is 45.6 Å². The summed E-state index contributed by atoms with van der Waals surface area (Å²) in [6.45, 7) is 6.80. The second kappa shape index (κ2) is 8.19. The molecule has 1 atom stereocenters. The minimum Gasteiger partial charge on any atom is -0.376 e. The number of ether oxygens (including phenoxy) is 1. The van der Waals surface area contributed by atoms with E-state index in [1.54, 1.807) is 0 Å². The number of nitrogens with zero attached hydrogens (tertiary/aromatic N) is 1. The van der Waals surface area contributed by atoms with Gasteiger partial charge in [0.1, 0.15) is 6.54 Å². The van der Waals surface area contributed by atoms with Crippen molar-refractivity contribution in [2.75, 3.05) is 30.3 Å². The normalized spacial score (nSPS) is 17.7. The van der Waals surface area contributed by atoms with Crippen LogP contribution in [0, 0.1) is 6.92 Å². The van der Waals surface area contributed by atoms with E-state index < -0.39 is 10.0 Å². The van der Waals surface area contributed by atoms with Crippen LogP contribution in [0.2, 0.25) is 0 Å². The molecule has 1 saturated heterocycles. The van der Waals surface area contributed by atoms with Crippen molar-refractivity contribution in [2.24, 2.45) is 0 Å². The molecule has 6 nitrogen and oxygen atoms in total. The Morgan fingerprint density at radius 3 is 2.68 bits per heavy atom. The fourth-order valence-electron chi connectivity index (χ4n) is 3.07. The number of carbonyl (C=O) groups is 1. The molecule has 1 N–H and O–H groups in total. The number of para-hydroxylation sites is 1. The van der Waals surface area contributed by atoms with Crippen molar-refractivity contribution < 1.29 is 17.9 Å². The Hall–Kier alpha value is -1.60. The molecule has 1 amide bonds. The average Bonchev–Trinajstić information content (AvgIpc) is 3.03. The molecule has 0 bridgehead atoms. The van der Waals surface area contributed by atoms with Crippen molar-refractivity contribution in [3.63, 3.8) is 0 Å². The number of nitrogens with one attached hydrogen (secondary N) is 1. The molecule has 0 aromatic heterocycles. The Labute approximate surface area is 150 Å². The topological polar surface area (TPSA) is 75.7 Å². The lowest BCUT2D eigenvalue weighted by molar-refractivity contribution is -0.120. The number of amides is 1. The van der Waals surface area contributed by atoms with E-state index in [0.29, 0.717) is 12.2 Å². The number of carbonyl (C=O) groups excluding carboxylic acids is 1. The third-order valence-electron chi connectivity index (χ3n) is 4.38. The summed E-state index contributed by atoms with van der Waals surface area (Å²) in [4.78, 5) is 12.3. The van der Waals surface area contributed by atoms with E-state index in [0.717, 1.165) is 36.8 Å². The number of anilines is 1. The minimum absolute atomic E-state index is 0.0281. The molecule has 1 unspecified atom stereocenters. The maximum absolute atomic E-state index is 12.4. The molecule has 2 rings (SSSR count). The van der Waals surface area contributed by atoms with Gasteiger partial charge in [-0.1, -0.05) is 32.0 Å². The van der Waals surface area contributed by atoms with Gasteiger partial charge >= 0.3 is 0 Å². The Morgan fingerprint density at radius 1 is 1.40 bits per heavy atom. The zero-order chi connectivity index (χ0) is 18.6. The van der Waals surface area contributed by atoms with E-state index in [1.165, 1.54) is 4.31 Å². The van der Waals surface area contributed by atoms with E-state index in [9.17, 15) is 13.2 Å². The summed E-state index contributed by atoms with van der Waals surface area (Å²) in [5.41, 5.74) is 2.35. The van der Waals surface area contributed by atoms with Crippen molar-refractivity contribution in [3.8, 4) is 0 Å². The minimum atomic E-state index is -3.59. The molecule has 1 aliphatic heterocycles. The first-order valence-electron chi connectivity index (χ1n) is 8.65. The molecular formula is C18H28N2O4S. The van der Waals surface area contributed by atoms with E-state index >= 15 is 0 Å². The van der Waals surface area contributed by atoms with Gasteiger partial charge in [0.2, 0.25) is 15.9 Å². The maximum atomic E-state index is 12.4. The van der Waals surface area contributed by atoms with Gasteiger partial charge in [0.05, 0.1) is 18.0 Å². The molecule has 1 aliphatic rings. The standard InChI is InChI=1S/C18H28N2O4S/c1-13(2)16-9-5-7-14(3)18(16)20(25(4,22)23)12-17(21)19-11-15-8-6-10-24-15/h5,7,9,13,15H,6,8,10-12H2,1-4H3,(H,19,21). The van der Waals surface area contributed by atoms with Gasteiger partial charge in [-0.25, -0.2) is 8.42 Å². The predicted octanol–water partition coefficient (Wildman–Crippen LogP) is 2.18. The zero-order valence-electron chi connectivity index (χ0n) is 15.4. The van der Waals surface area contributed by atoms with E-state index in [4.69, 9.17) is 4.74 Å². The second-order valence-corrected chi connectivity index (χ2v) is 8.78. The molecule has 0 radical (unpaired) electrons. The number of benzene rings is 1. The van der Waals surface area contributed by atoms with E-state index in [2.05, 4.69) is 5.32 Å². The summed E-state index contributed by atoms with van der Waals surface area (Å²) in [6.07, 6.45) is 3.08. The van der Waals surface area contributed by atoms with Gasteiger partial charge in [0.25, 0.3) is 0 Å². The molecule has 1 aromatic carbocycles. The van der Waals surface area contributed by atoms with Crippen molar-refractivity contribution in [1.82, 2.24) is 5.32 Å². The highest BCUT2D eigenvalue weighted by Crippen LogP contribution is 2.32. The van der Waals surface area contributed by atoms with Crippen LogP contribution in [0.5, 0.6) is 0 Å². The Kier molecular flexibility index (Phi) is 6.46. The second-order valence-electron chi connectivity index (χ2n) is 6.88. The van der Waals surface area contributed by atoms with Gasteiger partial charge in [0, 0.05) is 13.2 Å². The summed E-state index contributed by atoms with van der Waals surface area (Å²) in [5.74, 6) is -0.173. The molecule has 0 saturated carbocycles. The van der Waals surface area contributed by atoms with Crippen molar-refractivity contribution >= 4 is 21.6 Å². The number of hydrogen-bond acceptors (Lipinski definition) is 4. The number of aryl methyl sites for hydroxylation is 1. The Bertz CT molecular complexity index is 710. The average molecular weight is 368 g/mol.